The molecule has 5 nitrogen and oxygen atoms in total. The summed E-state index contributed by atoms with van der Waals surface area (Å²) in [6, 6.07) is 7.06. The minimum atomic E-state index is -1.13. The number of hydrogen-bond donors (Lipinski definition) is 1. The van der Waals surface area contributed by atoms with E-state index < -0.39 is 5.97 Å². The van der Waals surface area contributed by atoms with Gasteiger partial charge in [0.15, 0.2) is 0 Å². The molecule has 0 atom stereocenters. The van der Waals surface area contributed by atoms with E-state index >= 15 is 0 Å². The van der Waals surface area contributed by atoms with E-state index in [4.69, 9.17) is 14.4 Å². The Morgan fingerprint density at radius 1 is 1.39 bits per heavy atom. The van der Waals surface area contributed by atoms with Crippen molar-refractivity contribution in [3.63, 3.8) is 0 Å². The van der Waals surface area contributed by atoms with Gasteiger partial charge in [-0.05, 0) is 30.2 Å². The molecule has 0 fully saturated rings. The monoisotopic (exact) mass is 247 g/mol. The summed E-state index contributed by atoms with van der Waals surface area (Å²) in [5.74, 6) is -0.595. The molecule has 0 aliphatic heterocycles. The maximum atomic E-state index is 10.7. The van der Waals surface area contributed by atoms with Crippen LogP contribution < -0.4 is 4.74 Å². The topological polar surface area (TPSA) is 72.6 Å². The highest BCUT2D eigenvalue weighted by molar-refractivity contribution is 5.85. The van der Waals surface area contributed by atoms with Crippen LogP contribution in [0.25, 0.3) is 11.3 Å². The number of aromatic nitrogens is 1. The number of methoxy groups -OCH3 is 1. The van der Waals surface area contributed by atoms with Crippen molar-refractivity contribution in [1.29, 1.82) is 0 Å². The molecule has 0 saturated heterocycles. The smallest absolute Gasteiger partial charge is 0.374 e. The second kappa shape index (κ2) is 4.91. The molecule has 0 amide bonds. The van der Waals surface area contributed by atoms with Gasteiger partial charge in [0, 0.05) is 11.6 Å². The van der Waals surface area contributed by atoms with E-state index in [9.17, 15) is 4.79 Å². The lowest BCUT2D eigenvalue weighted by Gasteiger charge is -2.05. The lowest BCUT2D eigenvalue weighted by atomic mass is 10.1. The van der Waals surface area contributed by atoms with Crippen molar-refractivity contribution in [2.45, 2.75) is 13.3 Å². The summed E-state index contributed by atoms with van der Waals surface area (Å²) in [7, 11) is 1.59. The lowest BCUT2D eigenvalue weighted by molar-refractivity contribution is 0.0652. The zero-order valence-electron chi connectivity index (χ0n) is 10.1. The Bertz CT molecular complexity index is 552. The highest BCUT2D eigenvalue weighted by Crippen LogP contribution is 2.26. The van der Waals surface area contributed by atoms with Gasteiger partial charge in [-0.15, -0.1) is 0 Å². The molecule has 1 heterocycles. The lowest BCUT2D eigenvalue weighted by Crippen LogP contribution is -1.91. The van der Waals surface area contributed by atoms with Gasteiger partial charge >= 0.3 is 5.97 Å². The number of aromatic carboxylic acids is 1. The molecular formula is C13H13NO4. The SMILES string of the molecule is CCc1cc(OC)cc(-c2cc(C(=O)O)on2)c1. The first-order chi connectivity index (χ1) is 8.63. The predicted molar refractivity (Wildman–Crippen MR) is 64.8 cm³/mol. The molecule has 18 heavy (non-hydrogen) atoms. The molecular weight excluding hydrogens is 234 g/mol. The molecule has 0 spiro atoms. The predicted octanol–water partition coefficient (Wildman–Crippen LogP) is 2.61. The van der Waals surface area contributed by atoms with Crippen LogP contribution in [0.15, 0.2) is 28.8 Å². The number of benzene rings is 1. The van der Waals surface area contributed by atoms with E-state index in [1.807, 2.05) is 19.1 Å². The fourth-order valence-electron chi connectivity index (χ4n) is 1.64. The Labute approximate surface area is 104 Å². The number of rotatable bonds is 4. The van der Waals surface area contributed by atoms with Crippen molar-refractivity contribution in [3.05, 3.63) is 35.6 Å². The normalized spacial score (nSPS) is 10.3. The number of carboxylic acids is 1. The second-order valence-corrected chi connectivity index (χ2v) is 3.80. The average molecular weight is 247 g/mol. The van der Waals surface area contributed by atoms with Crippen LogP contribution in [0.4, 0.5) is 0 Å². The molecule has 2 rings (SSSR count). The van der Waals surface area contributed by atoms with E-state index in [0.29, 0.717) is 11.4 Å². The van der Waals surface area contributed by atoms with Crippen LogP contribution in [-0.2, 0) is 6.42 Å². The molecule has 0 aliphatic carbocycles. The molecule has 0 radical (unpaired) electrons. The third-order valence-corrected chi connectivity index (χ3v) is 2.63. The van der Waals surface area contributed by atoms with Crippen molar-refractivity contribution in [1.82, 2.24) is 5.16 Å². The van der Waals surface area contributed by atoms with Crippen molar-refractivity contribution in [2.24, 2.45) is 0 Å². The van der Waals surface area contributed by atoms with Crippen LogP contribution in [0.2, 0.25) is 0 Å². The van der Waals surface area contributed by atoms with Crippen molar-refractivity contribution in [3.8, 4) is 17.0 Å². The first kappa shape index (κ1) is 12.2. The zero-order chi connectivity index (χ0) is 13.1. The molecule has 0 bridgehead atoms. The third kappa shape index (κ3) is 2.34. The molecule has 1 N–H and O–H groups in total. The summed E-state index contributed by atoms with van der Waals surface area (Å²) < 4.78 is 9.94. The van der Waals surface area contributed by atoms with Gasteiger partial charge in [0.1, 0.15) is 11.4 Å². The average Bonchev–Trinajstić information content (AvgIpc) is 2.87. The van der Waals surface area contributed by atoms with Crippen LogP contribution in [0, 0.1) is 0 Å². The van der Waals surface area contributed by atoms with E-state index in [2.05, 4.69) is 5.16 Å². The molecule has 0 saturated carbocycles. The number of ether oxygens (including phenoxy) is 1. The van der Waals surface area contributed by atoms with Gasteiger partial charge in [-0.25, -0.2) is 4.79 Å². The fraction of sp³-hybridized carbons (Fsp3) is 0.231. The summed E-state index contributed by atoms with van der Waals surface area (Å²) >= 11 is 0. The van der Waals surface area contributed by atoms with Gasteiger partial charge in [0.2, 0.25) is 5.76 Å². The van der Waals surface area contributed by atoms with E-state index in [0.717, 1.165) is 17.5 Å². The number of carboxylic acid groups (broad SMARTS) is 1. The summed E-state index contributed by atoms with van der Waals surface area (Å²) in [6.45, 7) is 2.03. The minimum Gasteiger partial charge on any atom is -0.497 e. The van der Waals surface area contributed by atoms with Crippen molar-refractivity contribution >= 4 is 5.97 Å². The molecule has 2 aromatic rings. The van der Waals surface area contributed by atoms with Gasteiger partial charge in [-0.2, -0.15) is 0 Å². The summed E-state index contributed by atoms with van der Waals surface area (Å²) in [6.07, 6.45) is 0.855. The number of aryl methyl sites for hydroxylation is 1. The van der Waals surface area contributed by atoms with Crippen LogP contribution >= 0.6 is 0 Å². The zero-order valence-corrected chi connectivity index (χ0v) is 10.1. The summed E-state index contributed by atoms with van der Waals surface area (Å²) in [5.41, 5.74) is 2.35. The summed E-state index contributed by atoms with van der Waals surface area (Å²) in [5, 5.41) is 12.5. The van der Waals surface area contributed by atoms with E-state index in [-0.39, 0.29) is 5.76 Å². The standard InChI is InChI=1S/C13H13NO4/c1-3-8-4-9(6-10(5-8)17-2)11-7-12(13(15)16)18-14-11/h4-7H,3H2,1-2H3,(H,15,16). The van der Waals surface area contributed by atoms with Crippen molar-refractivity contribution < 1.29 is 19.2 Å². The molecule has 1 aromatic heterocycles. The van der Waals surface area contributed by atoms with Crippen LogP contribution in [0.1, 0.15) is 23.0 Å². The Hall–Kier alpha value is -2.30. The van der Waals surface area contributed by atoms with Gasteiger partial charge in [0.05, 0.1) is 7.11 Å². The first-order valence-corrected chi connectivity index (χ1v) is 5.52. The van der Waals surface area contributed by atoms with Gasteiger partial charge in [-0.1, -0.05) is 12.1 Å². The molecule has 1 aromatic carbocycles. The molecule has 94 valence electrons. The van der Waals surface area contributed by atoms with E-state index in [1.54, 1.807) is 13.2 Å². The Balaban J connectivity index is 2.45. The van der Waals surface area contributed by atoms with Gasteiger partial charge in [-0.3, -0.25) is 0 Å². The quantitative estimate of drug-likeness (QED) is 0.899. The van der Waals surface area contributed by atoms with Gasteiger partial charge < -0.3 is 14.4 Å². The Morgan fingerprint density at radius 3 is 2.72 bits per heavy atom. The van der Waals surface area contributed by atoms with Crippen LogP contribution in [0.5, 0.6) is 5.75 Å². The number of hydrogen-bond acceptors (Lipinski definition) is 4. The van der Waals surface area contributed by atoms with E-state index in [1.165, 1.54) is 6.07 Å². The highest BCUT2D eigenvalue weighted by atomic mass is 16.5. The molecule has 5 heteroatoms. The molecule has 0 unspecified atom stereocenters. The number of nitrogens with zero attached hydrogens (tertiary/aromatic N) is 1. The van der Waals surface area contributed by atoms with Crippen molar-refractivity contribution in [2.75, 3.05) is 7.11 Å². The second-order valence-electron chi connectivity index (χ2n) is 3.80. The summed E-state index contributed by atoms with van der Waals surface area (Å²) in [4.78, 5) is 10.7. The van der Waals surface area contributed by atoms with Crippen LogP contribution in [0.3, 0.4) is 0 Å². The number of carbonyl (C=O) groups is 1. The molecule has 0 aliphatic rings. The maximum Gasteiger partial charge on any atom is 0.374 e. The Kier molecular flexibility index (Phi) is 3.32. The van der Waals surface area contributed by atoms with Gasteiger partial charge in [0.25, 0.3) is 0 Å². The maximum absolute atomic E-state index is 10.7. The van der Waals surface area contributed by atoms with Crippen LogP contribution in [-0.4, -0.2) is 23.3 Å². The third-order valence-electron chi connectivity index (χ3n) is 2.63. The first-order valence-electron chi connectivity index (χ1n) is 5.52. The largest absolute Gasteiger partial charge is 0.497 e. The fourth-order valence-corrected chi connectivity index (χ4v) is 1.64. The Morgan fingerprint density at radius 2 is 2.17 bits per heavy atom. The minimum absolute atomic E-state index is 0.175. The highest BCUT2D eigenvalue weighted by Gasteiger charge is 2.13.